The van der Waals surface area contributed by atoms with Crippen molar-refractivity contribution in [3.05, 3.63) is 47.5 Å². The van der Waals surface area contributed by atoms with Crippen LogP contribution in [0.3, 0.4) is 0 Å². The summed E-state index contributed by atoms with van der Waals surface area (Å²) in [4.78, 5) is 0. The largest absolute Gasteiger partial charge is 0.488 e. The number of hydrogen-bond donors (Lipinski definition) is 1. The summed E-state index contributed by atoms with van der Waals surface area (Å²) in [6.07, 6.45) is 3.71. The van der Waals surface area contributed by atoms with E-state index in [1.54, 1.807) is 12.3 Å². The van der Waals surface area contributed by atoms with E-state index in [-0.39, 0.29) is 11.9 Å². The lowest BCUT2D eigenvalue weighted by molar-refractivity contribution is 0.298. The van der Waals surface area contributed by atoms with Crippen LogP contribution in [0.4, 0.5) is 4.39 Å². The normalized spacial score (nSPS) is 12.4. The lowest BCUT2D eigenvalue weighted by Crippen LogP contribution is -2.18. The van der Waals surface area contributed by atoms with Crippen molar-refractivity contribution in [3.8, 4) is 5.75 Å². The molecule has 0 spiro atoms. The van der Waals surface area contributed by atoms with E-state index in [1.165, 1.54) is 12.1 Å². The molecule has 0 aliphatic rings. The Hall–Kier alpha value is -1.88. The van der Waals surface area contributed by atoms with Gasteiger partial charge >= 0.3 is 0 Å². The minimum atomic E-state index is -0.290. The van der Waals surface area contributed by atoms with E-state index < -0.39 is 0 Å². The highest BCUT2D eigenvalue weighted by Gasteiger charge is 2.12. The summed E-state index contributed by atoms with van der Waals surface area (Å²) in [5, 5.41) is 7.52. The number of rotatable bonds is 7. The predicted octanol–water partition coefficient (Wildman–Crippen LogP) is 3.29. The molecule has 1 N–H and O–H groups in total. The smallest absolute Gasteiger partial charge is 0.127 e. The Morgan fingerprint density at radius 3 is 2.86 bits per heavy atom. The molecule has 0 amide bonds. The molecule has 21 heavy (non-hydrogen) atoms. The number of aryl methyl sites for hydroxylation is 1. The van der Waals surface area contributed by atoms with Crippen molar-refractivity contribution in [2.75, 3.05) is 6.54 Å². The molecule has 1 aromatic carbocycles. The molecule has 0 bridgehead atoms. The van der Waals surface area contributed by atoms with Crippen molar-refractivity contribution in [3.63, 3.8) is 0 Å². The van der Waals surface area contributed by atoms with Crippen LogP contribution >= 0.6 is 0 Å². The van der Waals surface area contributed by atoms with Crippen LogP contribution in [0.5, 0.6) is 5.75 Å². The van der Waals surface area contributed by atoms with E-state index >= 15 is 0 Å². The van der Waals surface area contributed by atoms with Crippen LogP contribution in [0.1, 0.15) is 37.9 Å². The zero-order valence-electron chi connectivity index (χ0n) is 12.8. The van der Waals surface area contributed by atoms with Gasteiger partial charge in [-0.1, -0.05) is 13.0 Å². The first-order chi connectivity index (χ1) is 10.1. The zero-order chi connectivity index (χ0) is 15.2. The second-order valence-corrected chi connectivity index (χ2v) is 4.95. The number of hydrogen-bond acceptors (Lipinski definition) is 3. The van der Waals surface area contributed by atoms with Crippen LogP contribution in [0.15, 0.2) is 30.6 Å². The molecule has 1 atom stereocenters. The first kappa shape index (κ1) is 15.5. The molecule has 1 heterocycles. The second kappa shape index (κ2) is 7.22. The molecule has 0 radical (unpaired) electrons. The Balaban J connectivity index is 2.12. The summed E-state index contributed by atoms with van der Waals surface area (Å²) in [6, 6.07) is 4.79. The standard InChI is InChI=1S/C16H22FN3O/c1-4-18-12(3)15-7-6-14(17)8-16(15)21-11-13-9-19-20(5-2)10-13/h6-10,12,18H,4-5,11H2,1-3H3. The molecule has 1 unspecified atom stereocenters. The van der Waals surface area contributed by atoms with E-state index in [2.05, 4.69) is 10.4 Å². The molecule has 4 nitrogen and oxygen atoms in total. The molecule has 0 fully saturated rings. The Morgan fingerprint density at radius 2 is 2.19 bits per heavy atom. The highest BCUT2D eigenvalue weighted by molar-refractivity contribution is 5.36. The summed E-state index contributed by atoms with van der Waals surface area (Å²) in [5.74, 6) is 0.286. The van der Waals surface area contributed by atoms with Gasteiger partial charge in [-0.2, -0.15) is 5.10 Å². The van der Waals surface area contributed by atoms with Crippen molar-refractivity contribution in [1.82, 2.24) is 15.1 Å². The SMILES string of the molecule is CCNC(C)c1ccc(F)cc1OCc1cnn(CC)c1. The average molecular weight is 291 g/mol. The summed E-state index contributed by atoms with van der Waals surface area (Å²) in [7, 11) is 0. The summed E-state index contributed by atoms with van der Waals surface area (Å²) in [5.41, 5.74) is 1.93. The quantitative estimate of drug-likeness (QED) is 0.851. The van der Waals surface area contributed by atoms with Crippen molar-refractivity contribution < 1.29 is 9.13 Å². The number of aromatic nitrogens is 2. The van der Waals surface area contributed by atoms with Crippen molar-refractivity contribution in [1.29, 1.82) is 0 Å². The maximum atomic E-state index is 13.5. The number of nitrogens with zero attached hydrogens (tertiary/aromatic N) is 2. The van der Waals surface area contributed by atoms with E-state index in [0.717, 1.165) is 24.2 Å². The molecule has 5 heteroatoms. The van der Waals surface area contributed by atoms with Gasteiger partial charge in [0.2, 0.25) is 0 Å². The van der Waals surface area contributed by atoms with Gasteiger partial charge in [0.15, 0.2) is 0 Å². The molecule has 2 aromatic rings. The van der Waals surface area contributed by atoms with Crippen molar-refractivity contribution in [2.45, 2.75) is 40.0 Å². The van der Waals surface area contributed by atoms with Crippen LogP contribution < -0.4 is 10.1 Å². The molecule has 0 aliphatic carbocycles. The van der Waals surface area contributed by atoms with Gasteiger partial charge in [-0.3, -0.25) is 4.68 Å². The molecule has 2 rings (SSSR count). The van der Waals surface area contributed by atoms with Gasteiger partial charge in [0.1, 0.15) is 18.2 Å². The van der Waals surface area contributed by atoms with Crippen LogP contribution in [0.2, 0.25) is 0 Å². The summed E-state index contributed by atoms with van der Waals surface area (Å²) in [6.45, 7) is 8.16. The van der Waals surface area contributed by atoms with Gasteiger partial charge < -0.3 is 10.1 Å². The van der Waals surface area contributed by atoms with Gasteiger partial charge in [-0.25, -0.2) is 4.39 Å². The third kappa shape index (κ3) is 4.04. The molecule has 114 valence electrons. The average Bonchev–Trinajstić information content (AvgIpc) is 2.93. The third-order valence-electron chi connectivity index (χ3n) is 3.36. The number of benzene rings is 1. The molecule has 0 saturated heterocycles. The molecular weight excluding hydrogens is 269 g/mol. The minimum Gasteiger partial charge on any atom is -0.488 e. The van der Waals surface area contributed by atoms with E-state index in [9.17, 15) is 4.39 Å². The van der Waals surface area contributed by atoms with E-state index in [0.29, 0.717) is 12.4 Å². The second-order valence-electron chi connectivity index (χ2n) is 4.95. The number of halogens is 1. The predicted molar refractivity (Wildman–Crippen MR) is 80.7 cm³/mol. The highest BCUT2D eigenvalue weighted by Crippen LogP contribution is 2.26. The fourth-order valence-electron chi connectivity index (χ4n) is 2.22. The molecule has 0 saturated carbocycles. The monoisotopic (exact) mass is 291 g/mol. The van der Waals surface area contributed by atoms with Gasteiger partial charge in [-0.15, -0.1) is 0 Å². The van der Waals surface area contributed by atoms with Gasteiger partial charge in [-0.05, 0) is 26.5 Å². The fraction of sp³-hybridized carbons (Fsp3) is 0.438. The summed E-state index contributed by atoms with van der Waals surface area (Å²) < 4.78 is 21.1. The topological polar surface area (TPSA) is 39.1 Å². The Kier molecular flexibility index (Phi) is 5.33. The molecular formula is C16H22FN3O. The molecule has 1 aromatic heterocycles. The minimum absolute atomic E-state index is 0.115. The van der Waals surface area contributed by atoms with Crippen LogP contribution in [-0.4, -0.2) is 16.3 Å². The maximum Gasteiger partial charge on any atom is 0.127 e. The zero-order valence-corrected chi connectivity index (χ0v) is 12.8. The van der Waals surface area contributed by atoms with Gasteiger partial charge in [0, 0.05) is 36.0 Å². The number of ether oxygens (including phenoxy) is 1. The Morgan fingerprint density at radius 1 is 1.38 bits per heavy atom. The molecule has 0 aliphatic heterocycles. The Bertz CT molecular complexity index is 583. The van der Waals surface area contributed by atoms with Gasteiger partial charge in [0.25, 0.3) is 0 Å². The van der Waals surface area contributed by atoms with Crippen LogP contribution in [-0.2, 0) is 13.2 Å². The maximum absolute atomic E-state index is 13.5. The lowest BCUT2D eigenvalue weighted by Gasteiger charge is -2.17. The first-order valence-corrected chi connectivity index (χ1v) is 7.31. The Labute approximate surface area is 124 Å². The first-order valence-electron chi connectivity index (χ1n) is 7.31. The van der Waals surface area contributed by atoms with Crippen LogP contribution in [0, 0.1) is 5.82 Å². The third-order valence-corrected chi connectivity index (χ3v) is 3.36. The van der Waals surface area contributed by atoms with Crippen LogP contribution in [0.25, 0.3) is 0 Å². The number of nitrogens with one attached hydrogen (secondary N) is 1. The fourth-order valence-corrected chi connectivity index (χ4v) is 2.22. The highest BCUT2D eigenvalue weighted by atomic mass is 19.1. The lowest BCUT2D eigenvalue weighted by atomic mass is 10.1. The van der Waals surface area contributed by atoms with E-state index in [4.69, 9.17) is 4.74 Å². The van der Waals surface area contributed by atoms with Crippen molar-refractivity contribution in [2.24, 2.45) is 0 Å². The van der Waals surface area contributed by atoms with E-state index in [1.807, 2.05) is 31.6 Å². The van der Waals surface area contributed by atoms with Gasteiger partial charge in [0.05, 0.1) is 6.20 Å². The summed E-state index contributed by atoms with van der Waals surface area (Å²) >= 11 is 0. The van der Waals surface area contributed by atoms with Crippen molar-refractivity contribution >= 4 is 0 Å².